The molecule has 2 aliphatic heterocycles. The summed E-state index contributed by atoms with van der Waals surface area (Å²) in [7, 11) is 0. The quantitative estimate of drug-likeness (QED) is 0.460. The number of aliphatic imine (C=N–C) groups is 1. The predicted molar refractivity (Wildman–Crippen MR) is 112 cm³/mol. The van der Waals surface area contributed by atoms with Crippen LogP contribution in [-0.2, 0) is 13.1 Å². The van der Waals surface area contributed by atoms with Gasteiger partial charge in [-0.1, -0.05) is 30.4 Å². The van der Waals surface area contributed by atoms with E-state index in [0.717, 1.165) is 42.7 Å². The second-order valence-corrected chi connectivity index (χ2v) is 6.78. The Bertz CT molecular complexity index is 871. The van der Waals surface area contributed by atoms with Gasteiger partial charge in [0.15, 0.2) is 17.5 Å². The summed E-state index contributed by atoms with van der Waals surface area (Å²) in [6, 6.07) is 14.6. The Labute approximate surface area is 165 Å². The van der Waals surface area contributed by atoms with Crippen LogP contribution in [0.5, 0.6) is 11.5 Å². The maximum absolute atomic E-state index is 5.45. The molecular formula is C22H26N4O2. The molecule has 0 spiro atoms. The Morgan fingerprint density at radius 1 is 1.00 bits per heavy atom. The normalized spacial score (nSPS) is 15.2. The van der Waals surface area contributed by atoms with E-state index in [2.05, 4.69) is 58.9 Å². The first-order chi connectivity index (χ1) is 13.8. The van der Waals surface area contributed by atoms with E-state index in [1.165, 1.54) is 11.3 Å². The first-order valence-corrected chi connectivity index (χ1v) is 9.71. The van der Waals surface area contributed by atoms with Gasteiger partial charge in [0.2, 0.25) is 6.79 Å². The number of rotatable bonds is 6. The molecule has 6 heteroatoms. The maximum atomic E-state index is 5.45. The molecule has 0 saturated carbocycles. The second-order valence-electron chi connectivity index (χ2n) is 6.78. The van der Waals surface area contributed by atoms with Crippen molar-refractivity contribution in [2.24, 2.45) is 4.99 Å². The van der Waals surface area contributed by atoms with Gasteiger partial charge in [0, 0.05) is 31.9 Å². The molecule has 0 aromatic heterocycles. The lowest BCUT2D eigenvalue weighted by atomic mass is 10.2. The van der Waals surface area contributed by atoms with Crippen molar-refractivity contribution >= 4 is 11.6 Å². The van der Waals surface area contributed by atoms with Gasteiger partial charge in [-0.2, -0.15) is 0 Å². The third-order valence-electron chi connectivity index (χ3n) is 4.75. The maximum Gasteiger partial charge on any atom is 0.231 e. The first-order valence-electron chi connectivity index (χ1n) is 9.71. The number of nitrogens with one attached hydrogen (secondary N) is 2. The van der Waals surface area contributed by atoms with E-state index in [0.29, 0.717) is 19.9 Å². The molecule has 2 aromatic carbocycles. The molecule has 0 unspecified atom stereocenters. The number of guanidine groups is 1. The van der Waals surface area contributed by atoms with E-state index in [4.69, 9.17) is 14.5 Å². The lowest BCUT2D eigenvalue weighted by molar-refractivity contribution is 0.174. The van der Waals surface area contributed by atoms with Crippen molar-refractivity contribution in [1.82, 2.24) is 10.6 Å². The van der Waals surface area contributed by atoms with Crippen molar-refractivity contribution in [3.05, 3.63) is 65.7 Å². The van der Waals surface area contributed by atoms with E-state index in [1.54, 1.807) is 0 Å². The Hall–Kier alpha value is -3.15. The van der Waals surface area contributed by atoms with E-state index >= 15 is 0 Å². The number of anilines is 1. The summed E-state index contributed by atoms with van der Waals surface area (Å²) in [5.74, 6) is 2.40. The van der Waals surface area contributed by atoms with E-state index < -0.39 is 0 Å². The fourth-order valence-corrected chi connectivity index (χ4v) is 3.29. The molecular weight excluding hydrogens is 352 g/mol. The van der Waals surface area contributed by atoms with Gasteiger partial charge >= 0.3 is 0 Å². The third-order valence-corrected chi connectivity index (χ3v) is 4.75. The zero-order chi connectivity index (χ0) is 19.2. The lowest BCUT2D eigenvalue weighted by Gasteiger charge is -2.18. The number of hydrogen-bond acceptors (Lipinski definition) is 4. The van der Waals surface area contributed by atoms with Gasteiger partial charge in [0.25, 0.3) is 0 Å². The van der Waals surface area contributed by atoms with Gasteiger partial charge in [-0.15, -0.1) is 0 Å². The van der Waals surface area contributed by atoms with Crippen LogP contribution >= 0.6 is 0 Å². The molecule has 0 bridgehead atoms. The van der Waals surface area contributed by atoms with Crippen LogP contribution < -0.4 is 25.0 Å². The summed E-state index contributed by atoms with van der Waals surface area (Å²) in [4.78, 5) is 7.09. The summed E-state index contributed by atoms with van der Waals surface area (Å²) < 4.78 is 10.8. The molecule has 4 rings (SSSR count). The largest absolute Gasteiger partial charge is 0.454 e. The fourth-order valence-electron chi connectivity index (χ4n) is 3.29. The summed E-state index contributed by atoms with van der Waals surface area (Å²) in [5, 5.41) is 6.70. The van der Waals surface area contributed by atoms with Crippen molar-refractivity contribution in [2.45, 2.75) is 20.0 Å². The molecule has 0 fully saturated rings. The van der Waals surface area contributed by atoms with Gasteiger partial charge in [0.05, 0.1) is 6.54 Å². The standard InChI is InChI=1S/C22H26N4O2/c1-2-23-22(25-15-18-8-9-20-21(13-18)28-16-27-20)24-14-17-6-5-7-19(12-17)26-10-3-4-11-26/h3-9,12-13H,2,10-11,14-16H2,1H3,(H2,23,24,25). The lowest BCUT2D eigenvalue weighted by Crippen LogP contribution is -2.36. The Morgan fingerprint density at radius 2 is 1.86 bits per heavy atom. The minimum Gasteiger partial charge on any atom is -0.454 e. The molecule has 2 aliphatic rings. The number of benzene rings is 2. The van der Waals surface area contributed by atoms with Crippen LogP contribution in [0, 0.1) is 0 Å². The van der Waals surface area contributed by atoms with Crippen molar-refractivity contribution in [3.63, 3.8) is 0 Å². The first kappa shape index (κ1) is 18.2. The summed E-state index contributed by atoms with van der Waals surface area (Å²) in [6.45, 7) is 6.43. The molecule has 0 radical (unpaired) electrons. The van der Waals surface area contributed by atoms with Gasteiger partial charge in [-0.3, -0.25) is 0 Å². The van der Waals surface area contributed by atoms with Crippen LogP contribution in [0.25, 0.3) is 0 Å². The SMILES string of the molecule is CCNC(=NCc1cccc(N2CC=CC2)c1)NCc1ccc2c(c1)OCO2. The van der Waals surface area contributed by atoms with Crippen LogP contribution in [0.15, 0.2) is 59.6 Å². The Kier molecular flexibility index (Phi) is 5.66. The van der Waals surface area contributed by atoms with Gasteiger partial charge in [-0.25, -0.2) is 4.99 Å². The molecule has 2 aromatic rings. The Balaban J connectivity index is 1.38. The van der Waals surface area contributed by atoms with Crippen LogP contribution in [0.3, 0.4) is 0 Å². The molecule has 6 nitrogen and oxygen atoms in total. The second kappa shape index (κ2) is 8.69. The van der Waals surface area contributed by atoms with E-state index in [9.17, 15) is 0 Å². The van der Waals surface area contributed by atoms with Crippen molar-refractivity contribution in [1.29, 1.82) is 0 Å². The topological polar surface area (TPSA) is 58.1 Å². The summed E-state index contributed by atoms with van der Waals surface area (Å²) in [6.07, 6.45) is 4.41. The highest BCUT2D eigenvalue weighted by Gasteiger charge is 2.13. The average molecular weight is 378 g/mol. The molecule has 28 heavy (non-hydrogen) atoms. The molecule has 0 atom stereocenters. The number of ether oxygens (including phenoxy) is 2. The highest BCUT2D eigenvalue weighted by atomic mass is 16.7. The van der Waals surface area contributed by atoms with Crippen LogP contribution in [0.1, 0.15) is 18.1 Å². The van der Waals surface area contributed by atoms with E-state index in [1.807, 2.05) is 18.2 Å². The van der Waals surface area contributed by atoms with Crippen molar-refractivity contribution in [2.75, 3.05) is 31.3 Å². The van der Waals surface area contributed by atoms with Gasteiger partial charge in [-0.05, 0) is 42.3 Å². The fraction of sp³-hybridized carbons (Fsp3) is 0.318. The van der Waals surface area contributed by atoms with Crippen molar-refractivity contribution < 1.29 is 9.47 Å². The molecule has 2 heterocycles. The number of hydrogen-bond donors (Lipinski definition) is 2. The van der Waals surface area contributed by atoms with Crippen LogP contribution in [0.4, 0.5) is 5.69 Å². The zero-order valence-corrected chi connectivity index (χ0v) is 16.1. The number of nitrogens with zero attached hydrogens (tertiary/aromatic N) is 2. The minimum absolute atomic E-state index is 0.295. The molecule has 146 valence electrons. The molecule has 0 saturated heterocycles. The monoisotopic (exact) mass is 378 g/mol. The van der Waals surface area contributed by atoms with Gasteiger partial charge in [0.1, 0.15) is 0 Å². The molecule has 0 amide bonds. The third kappa shape index (κ3) is 4.39. The highest BCUT2D eigenvalue weighted by molar-refractivity contribution is 5.79. The Morgan fingerprint density at radius 3 is 2.71 bits per heavy atom. The predicted octanol–water partition coefficient (Wildman–Crippen LogP) is 3.05. The highest BCUT2D eigenvalue weighted by Crippen LogP contribution is 2.32. The van der Waals surface area contributed by atoms with Gasteiger partial charge < -0.3 is 25.0 Å². The molecule has 2 N–H and O–H groups in total. The average Bonchev–Trinajstić information content (AvgIpc) is 3.42. The smallest absolute Gasteiger partial charge is 0.231 e. The summed E-state index contributed by atoms with van der Waals surface area (Å²) >= 11 is 0. The summed E-state index contributed by atoms with van der Waals surface area (Å²) in [5.41, 5.74) is 3.57. The van der Waals surface area contributed by atoms with Crippen LogP contribution in [0.2, 0.25) is 0 Å². The zero-order valence-electron chi connectivity index (χ0n) is 16.1. The molecule has 0 aliphatic carbocycles. The van der Waals surface area contributed by atoms with E-state index in [-0.39, 0.29) is 0 Å². The van der Waals surface area contributed by atoms with Crippen LogP contribution in [-0.4, -0.2) is 32.4 Å². The minimum atomic E-state index is 0.295. The van der Waals surface area contributed by atoms with Crippen molar-refractivity contribution in [3.8, 4) is 11.5 Å². The number of fused-ring (bicyclic) bond motifs is 1.